The highest BCUT2D eigenvalue weighted by Crippen LogP contribution is 2.67. The summed E-state index contributed by atoms with van der Waals surface area (Å²) in [5.74, 6) is 1.28. The van der Waals surface area contributed by atoms with E-state index < -0.39 is 0 Å². The Morgan fingerprint density at radius 1 is 1.18 bits per heavy atom. The summed E-state index contributed by atoms with van der Waals surface area (Å²) < 4.78 is 0. The normalized spacial score (nSPS) is 49.1. The zero-order valence-electron chi connectivity index (χ0n) is 7.72. The molecule has 0 saturated heterocycles. The maximum atomic E-state index is 10.2. The van der Waals surface area contributed by atoms with Crippen LogP contribution < -0.4 is 0 Å². The van der Waals surface area contributed by atoms with E-state index in [0.29, 0.717) is 11.8 Å². The maximum absolute atomic E-state index is 10.2. The lowest BCUT2D eigenvalue weighted by molar-refractivity contribution is 0.00210. The first-order chi connectivity index (χ1) is 4.98. The molecule has 0 radical (unpaired) electrons. The number of rotatable bonds is 0. The summed E-state index contributed by atoms with van der Waals surface area (Å²) in [5.41, 5.74) is -0.200. The van der Waals surface area contributed by atoms with Gasteiger partial charge in [-0.3, -0.25) is 0 Å². The third kappa shape index (κ3) is 0.752. The van der Waals surface area contributed by atoms with Crippen LogP contribution >= 0.6 is 0 Å². The SMILES string of the molecule is CC(C)(C)C1(O)C2CCCC21. The Labute approximate surface area is 68.8 Å². The quantitative estimate of drug-likeness (QED) is 0.567. The molecule has 2 rings (SSSR count). The molecule has 0 spiro atoms. The molecule has 0 amide bonds. The van der Waals surface area contributed by atoms with Crippen molar-refractivity contribution in [3.8, 4) is 0 Å². The summed E-state index contributed by atoms with van der Waals surface area (Å²) in [6, 6.07) is 0. The molecule has 1 N–H and O–H groups in total. The van der Waals surface area contributed by atoms with Crippen molar-refractivity contribution in [2.24, 2.45) is 17.3 Å². The van der Waals surface area contributed by atoms with E-state index in [1.165, 1.54) is 19.3 Å². The third-order valence-electron chi connectivity index (χ3n) is 3.74. The molecule has 2 aliphatic rings. The van der Waals surface area contributed by atoms with E-state index in [-0.39, 0.29) is 11.0 Å². The second-order valence-electron chi connectivity index (χ2n) is 5.22. The van der Waals surface area contributed by atoms with Gasteiger partial charge in [0.2, 0.25) is 0 Å². The summed E-state index contributed by atoms with van der Waals surface area (Å²) in [5, 5.41) is 10.2. The van der Waals surface area contributed by atoms with Gasteiger partial charge in [-0.15, -0.1) is 0 Å². The Balaban J connectivity index is 2.17. The summed E-state index contributed by atoms with van der Waals surface area (Å²) in [7, 11) is 0. The van der Waals surface area contributed by atoms with Gasteiger partial charge in [-0.2, -0.15) is 0 Å². The van der Waals surface area contributed by atoms with Crippen LogP contribution in [0.15, 0.2) is 0 Å². The van der Waals surface area contributed by atoms with E-state index in [0.717, 1.165) is 0 Å². The number of aliphatic hydroxyl groups is 1. The Bertz CT molecular complexity index is 168. The predicted octanol–water partition coefficient (Wildman–Crippen LogP) is 2.19. The van der Waals surface area contributed by atoms with Crippen molar-refractivity contribution in [1.82, 2.24) is 0 Å². The first-order valence-electron chi connectivity index (χ1n) is 4.70. The van der Waals surface area contributed by atoms with Crippen LogP contribution in [0.25, 0.3) is 0 Å². The van der Waals surface area contributed by atoms with E-state index in [1.54, 1.807) is 0 Å². The Kier molecular flexibility index (Phi) is 1.26. The van der Waals surface area contributed by atoms with Crippen LogP contribution in [0.2, 0.25) is 0 Å². The second-order valence-corrected chi connectivity index (χ2v) is 5.22. The standard InChI is InChI=1S/C10H18O/c1-9(2,3)10(11)7-5-4-6-8(7)10/h7-8,11H,4-6H2,1-3H3. The second kappa shape index (κ2) is 1.82. The first kappa shape index (κ1) is 7.60. The molecule has 11 heavy (non-hydrogen) atoms. The van der Waals surface area contributed by atoms with Crippen molar-refractivity contribution in [3.05, 3.63) is 0 Å². The summed E-state index contributed by atoms with van der Waals surface area (Å²) in [6.45, 7) is 6.47. The smallest absolute Gasteiger partial charge is 0.0759 e. The molecule has 2 aliphatic carbocycles. The number of hydrogen-bond donors (Lipinski definition) is 1. The third-order valence-corrected chi connectivity index (χ3v) is 3.74. The van der Waals surface area contributed by atoms with Gasteiger partial charge in [-0.25, -0.2) is 0 Å². The van der Waals surface area contributed by atoms with E-state index >= 15 is 0 Å². The average molecular weight is 154 g/mol. The molecule has 2 saturated carbocycles. The molecule has 2 unspecified atom stereocenters. The fourth-order valence-corrected chi connectivity index (χ4v) is 3.03. The van der Waals surface area contributed by atoms with Gasteiger partial charge >= 0.3 is 0 Å². The van der Waals surface area contributed by atoms with Gasteiger partial charge in [0, 0.05) is 0 Å². The molecular formula is C10H18O. The Hall–Kier alpha value is -0.0400. The fourth-order valence-electron chi connectivity index (χ4n) is 3.03. The molecule has 0 aromatic carbocycles. The van der Waals surface area contributed by atoms with Crippen LogP contribution in [0, 0.1) is 17.3 Å². The van der Waals surface area contributed by atoms with E-state index in [2.05, 4.69) is 20.8 Å². The van der Waals surface area contributed by atoms with Gasteiger partial charge < -0.3 is 5.11 Å². The van der Waals surface area contributed by atoms with Gasteiger partial charge in [0.05, 0.1) is 5.60 Å². The monoisotopic (exact) mass is 154 g/mol. The molecule has 0 bridgehead atoms. The summed E-state index contributed by atoms with van der Waals surface area (Å²) >= 11 is 0. The zero-order valence-corrected chi connectivity index (χ0v) is 7.72. The summed E-state index contributed by atoms with van der Waals surface area (Å²) in [4.78, 5) is 0. The minimum Gasteiger partial charge on any atom is -0.389 e. The lowest BCUT2D eigenvalue weighted by Gasteiger charge is -2.29. The Morgan fingerprint density at radius 2 is 1.64 bits per heavy atom. The van der Waals surface area contributed by atoms with Crippen molar-refractivity contribution >= 4 is 0 Å². The van der Waals surface area contributed by atoms with Crippen molar-refractivity contribution in [3.63, 3.8) is 0 Å². The topological polar surface area (TPSA) is 20.2 Å². The van der Waals surface area contributed by atoms with Crippen LogP contribution in [0.4, 0.5) is 0 Å². The van der Waals surface area contributed by atoms with Gasteiger partial charge in [-0.1, -0.05) is 27.2 Å². The zero-order chi connectivity index (χ0) is 8.28. The number of hydrogen-bond acceptors (Lipinski definition) is 1. The average Bonchev–Trinajstić information content (AvgIpc) is 2.33. The molecule has 1 heteroatoms. The van der Waals surface area contributed by atoms with Crippen LogP contribution in [-0.4, -0.2) is 10.7 Å². The minimum atomic E-state index is -0.300. The first-order valence-corrected chi connectivity index (χ1v) is 4.70. The molecule has 0 heterocycles. The van der Waals surface area contributed by atoms with Crippen molar-refractivity contribution in [2.45, 2.75) is 45.6 Å². The van der Waals surface area contributed by atoms with E-state index in [1.807, 2.05) is 0 Å². The Morgan fingerprint density at radius 3 is 1.91 bits per heavy atom. The van der Waals surface area contributed by atoms with Gasteiger partial charge in [0.15, 0.2) is 0 Å². The van der Waals surface area contributed by atoms with Crippen LogP contribution in [0.5, 0.6) is 0 Å². The highest BCUT2D eigenvalue weighted by Gasteiger charge is 2.70. The van der Waals surface area contributed by atoms with Crippen molar-refractivity contribution in [1.29, 1.82) is 0 Å². The molecular weight excluding hydrogens is 136 g/mol. The maximum Gasteiger partial charge on any atom is 0.0759 e. The van der Waals surface area contributed by atoms with Crippen LogP contribution in [0.3, 0.4) is 0 Å². The van der Waals surface area contributed by atoms with Crippen LogP contribution in [-0.2, 0) is 0 Å². The van der Waals surface area contributed by atoms with Gasteiger partial charge in [-0.05, 0) is 30.1 Å². The van der Waals surface area contributed by atoms with Crippen molar-refractivity contribution in [2.75, 3.05) is 0 Å². The largest absolute Gasteiger partial charge is 0.389 e. The highest BCUT2D eigenvalue weighted by atomic mass is 16.3. The van der Waals surface area contributed by atoms with Gasteiger partial charge in [0.25, 0.3) is 0 Å². The highest BCUT2D eigenvalue weighted by molar-refractivity contribution is 5.19. The fraction of sp³-hybridized carbons (Fsp3) is 1.00. The molecule has 0 aromatic heterocycles. The van der Waals surface area contributed by atoms with Crippen molar-refractivity contribution < 1.29 is 5.11 Å². The van der Waals surface area contributed by atoms with E-state index in [4.69, 9.17) is 0 Å². The lowest BCUT2D eigenvalue weighted by Crippen LogP contribution is -2.33. The number of fused-ring (bicyclic) bond motifs is 1. The lowest BCUT2D eigenvalue weighted by atomic mass is 9.82. The van der Waals surface area contributed by atoms with E-state index in [9.17, 15) is 5.11 Å². The minimum absolute atomic E-state index is 0.1000. The molecule has 0 aliphatic heterocycles. The molecule has 1 nitrogen and oxygen atoms in total. The molecule has 0 aromatic rings. The predicted molar refractivity (Wildman–Crippen MR) is 45.2 cm³/mol. The van der Waals surface area contributed by atoms with Crippen LogP contribution in [0.1, 0.15) is 40.0 Å². The van der Waals surface area contributed by atoms with Gasteiger partial charge in [0.1, 0.15) is 0 Å². The molecule has 2 fully saturated rings. The molecule has 2 atom stereocenters. The molecule has 64 valence electrons. The summed E-state index contributed by atoms with van der Waals surface area (Å²) in [6.07, 6.45) is 3.87.